The van der Waals surface area contributed by atoms with Crippen LogP contribution in [-0.4, -0.2) is 35.5 Å². The minimum absolute atomic E-state index is 0.0280. The van der Waals surface area contributed by atoms with Gasteiger partial charge in [-0.25, -0.2) is 9.67 Å². The molecule has 24 heavy (non-hydrogen) atoms. The lowest BCUT2D eigenvalue weighted by atomic mass is 10.3. The first kappa shape index (κ1) is 16.3. The molecule has 3 aromatic heterocycles. The van der Waals surface area contributed by atoms with Crippen molar-refractivity contribution >= 4 is 51.3 Å². The van der Waals surface area contributed by atoms with Gasteiger partial charge in [0.1, 0.15) is 22.9 Å². The summed E-state index contributed by atoms with van der Waals surface area (Å²) in [6.07, 6.45) is 6.13. The summed E-state index contributed by atoms with van der Waals surface area (Å²) in [4.78, 5) is 27.2. The molecule has 8 nitrogen and oxygen atoms in total. The molecule has 3 rings (SSSR count). The number of aromatic nitrogens is 5. The quantitative estimate of drug-likeness (QED) is 0.705. The molecular formula is C14H9BrClN5O3. The highest BCUT2D eigenvalue weighted by molar-refractivity contribution is 9.10. The molecule has 0 fully saturated rings. The van der Waals surface area contributed by atoms with Gasteiger partial charge in [-0.3, -0.25) is 14.0 Å². The zero-order valence-corrected chi connectivity index (χ0v) is 14.3. The molecule has 0 aliphatic rings. The summed E-state index contributed by atoms with van der Waals surface area (Å²) in [6.45, 7) is -0.286. The standard InChI is InChI=1S/C14H9BrClN5O3/c15-8-1-4-11-17-10(13(16)14(24)21(11)5-8)3-2-9-6-20(19-18-9)7-12(22)23/h1-6H,7H2,(H,22,23). The lowest BCUT2D eigenvalue weighted by Gasteiger charge is -2.03. The van der Waals surface area contributed by atoms with E-state index >= 15 is 0 Å². The van der Waals surface area contributed by atoms with E-state index in [-0.39, 0.29) is 17.3 Å². The molecule has 0 spiro atoms. The van der Waals surface area contributed by atoms with Crippen LogP contribution in [0.4, 0.5) is 0 Å². The maximum absolute atomic E-state index is 12.3. The summed E-state index contributed by atoms with van der Waals surface area (Å²) in [6, 6.07) is 3.45. The molecule has 3 aromatic rings. The van der Waals surface area contributed by atoms with Gasteiger partial charge in [-0.1, -0.05) is 16.8 Å². The van der Waals surface area contributed by atoms with Crippen molar-refractivity contribution in [1.82, 2.24) is 24.4 Å². The van der Waals surface area contributed by atoms with Crippen molar-refractivity contribution in [3.05, 3.63) is 55.8 Å². The Labute approximate surface area is 148 Å². The van der Waals surface area contributed by atoms with Crippen LogP contribution in [-0.2, 0) is 11.3 Å². The van der Waals surface area contributed by atoms with E-state index in [4.69, 9.17) is 16.7 Å². The largest absolute Gasteiger partial charge is 0.480 e. The molecule has 0 bridgehead atoms. The first-order chi connectivity index (χ1) is 11.4. The lowest BCUT2D eigenvalue weighted by molar-refractivity contribution is -0.137. The topological polar surface area (TPSA) is 102 Å². The zero-order valence-electron chi connectivity index (χ0n) is 11.9. The third-order valence-corrected chi connectivity index (χ3v) is 3.85. The van der Waals surface area contributed by atoms with Gasteiger partial charge in [0.15, 0.2) is 0 Å². The number of hydrogen-bond donors (Lipinski definition) is 1. The molecule has 0 amide bonds. The Morgan fingerprint density at radius 2 is 2.12 bits per heavy atom. The molecule has 0 radical (unpaired) electrons. The summed E-state index contributed by atoms with van der Waals surface area (Å²) in [5, 5.41) is 16.2. The van der Waals surface area contributed by atoms with Gasteiger partial charge in [0.05, 0.1) is 11.9 Å². The normalized spacial score (nSPS) is 11.4. The Balaban J connectivity index is 1.96. The maximum Gasteiger partial charge on any atom is 0.325 e. The van der Waals surface area contributed by atoms with Gasteiger partial charge in [-0.05, 0) is 40.2 Å². The number of hydrogen-bond acceptors (Lipinski definition) is 5. The molecule has 0 saturated carbocycles. The summed E-state index contributed by atoms with van der Waals surface area (Å²) in [5.74, 6) is -1.02. The number of carboxylic acid groups (broad SMARTS) is 1. The molecule has 0 saturated heterocycles. The summed E-state index contributed by atoms with van der Waals surface area (Å²) >= 11 is 9.37. The number of aliphatic carboxylic acids is 1. The first-order valence-electron chi connectivity index (χ1n) is 6.61. The average molecular weight is 411 g/mol. The molecule has 3 heterocycles. The molecule has 0 atom stereocenters. The third kappa shape index (κ3) is 3.36. The van der Waals surface area contributed by atoms with E-state index in [0.29, 0.717) is 11.3 Å². The van der Waals surface area contributed by atoms with Gasteiger partial charge in [-0.15, -0.1) is 5.10 Å². The van der Waals surface area contributed by atoms with E-state index in [0.717, 1.165) is 4.47 Å². The van der Waals surface area contributed by atoms with E-state index in [2.05, 4.69) is 31.2 Å². The third-order valence-electron chi connectivity index (χ3n) is 3.02. The highest BCUT2D eigenvalue weighted by Gasteiger charge is 2.09. The molecule has 0 aliphatic heterocycles. The molecule has 0 unspecified atom stereocenters. The van der Waals surface area contributed by atoms with Gasteiger partial charge in [-0.2, -0.15) is 0 Å². The molecular weight excluding hydrogens is 402 g/mol. The van der Waals surface area contributed by atoms with Gasteiger partial charge in [0.25, 0.3) is 5.56 Å². The van der Waals surface area contributed by atoms with Crippen molar-refractivity contribution < 1.29 is 9.90 Å². The molecule has 0 aliphatic carbocycles. The zero-order chi connectivity index (χ0) is 17.3. The minimum Gasteiger partial charge on any atom is -0.480 e. The van der Waals surface area contributed by atoms with E-state index in [1.165, 1.54) is 21.4 Å². The SMILES string of the molecule is O=C(O)Cn1cc(C=Cc2nc3ccc(Br)cn3c(=O)c2Cl)nn1. The number of halogens is 2. The van der Waals surface area contributed by atoms with Gasteiger partial charge >= 0.3 is 5.97 Å². The highest BCUT2D eigenvalue weighted by atomic mass is 79.9. The number of nitrogens with zero attached hydrogens (tertiary/aromatic N) is 5. The Hall–Kier alpha value is -2.52. The Bertz CT molecular complexity index is 1030. The number of carboxylic acids is 1. The highest BCUT2D eigenvalue weighted by Crippen LogP contribution is 2.15. The molecule has 10 heteroatoms. The van der Waals surface area contributed by atoms with Crippen LogP contribution in [0.5, 0.6) is 0 Å². The van der Waals surface area contributed by atoms with Crippen molar-refractivity contribution in [3.63, 3.8) is 0 Å². The van der Waals surface area contributed by atoms with Crippen molar-refractivity contribution in [2.24, 2.45) is 0 Å². The van der Waals surface area contributed by atoms with E-state index in [9.17, 15) is 9.59 Å². The first-order valence-corrected chi connectivity index (χ1v) is 7.78. The maximum atomic E-state index is 12.3. The van der Waals surface area contributed by atoms with Crippen LogP contribution in [0.2, 0.25) is 5.02 Å². The van der Waals surface area contributed by atoms with E-state index < -0.39 is 11.5 Å². The smallest absolute Gasteiger partial charge is 0.325 e. The van der Waals surface area contributed by atoms with Crippen molar-refractivity contribution in [3.8, 4) is 0 Å². The number of carbonyl (C=O) groups is 1. The predicted molar refractivity (Wildman–Crippen MR) is 90.8 cm³/mol. The Morgan fingerprint density at radius 1 is 1.33 bits per heavy atom. The van der Waals surface area contributed by atoms with E-state index in [1.54, 1.807) is 24.4 Å². The fraction of sp³-hybridized carbons (Fsp3) is 0.0714. The van der Waals surface area contributed by atoms with Crippen LogP contribution in [0.3, 0.4) is 0 Å². The fourth-order valence-electron chi connectivity index (χ4n) is 1.99. The van der Waals surface area contributed by atoms with Crippen LogP contribution in [0.25, 0.3) is 17.8 Å². The summed E-state index contributed by atoms with van der Waals surface area (Å²) < 4.78 is 3.25. The molecule has 122 valence electrons. The van der Waals surface area contributed by atoms with Crippen LogP contribution >= 0.6 is 27.5 Å². The van der Waals surface area contributed by atoms with Crippen LogP contribution < -0.4 is 5.56 Å². The number of rotatable bonds is 4. The summed E-state index contributed by atoms with van der Waals surface area (Å²) in [7, 11) is 0. The van der Waals surface area contributed by atoms with Gasteiger partial charge in [0.2, 0.25) is 0 Å². The summed E-state index contributed by atoms with van der Waals surface area (Å²) in [5.41, 5.74) is 0.765. The van der Waals surface area contributed by atoms with Crippen molar-refractivity contribution in [2.75, 3.05) is 0 Å². The number of pyridine rings is 1. The number of fused-ring (bicyclic) bond motifs is 1. The Kier molecular flexibility index (Phi) is 4.45. The monoisotopic (exact) mass is 409 g/mol. The van der Waals surface area contributed by atoms with Gasteiger partial charge < -0.3 is 5.11 Å². The minimum atomic E-state index is -1.02. The van der Waals surface area contributed by atoms with Crippen molar-refractivity contribution in [2.45, 2.75) is 6.54 Å². The second kappa shape index (κ2) is 6.54. The van der Waals surface area contributed by atoms with E-state index in [1.807, 2.05) is 0 Å². The molecule has 0 aromatic carbocycles. The fourth-order valence-corrected chi connectivity index (χ4v) is 2.52. The van der Waals surface area contributed by atoms with Gasteiger partial charge in [0, 0.05) is 10.7 Å². The Morgan fingerprint density at radius 3 is 2.88 bits per heavy atom. The molecule has 1 N–H and O–H groups in total. The lowest BCUT2D eigenvalue weighted by Crippen LogP contribution is -2.16. The average Bonchev–Trinajstić information content (AvgIpc) is 2.97. The van der Waals surface area contributed by atoms with Crippen LogP contribution in [0.15, 0.2) is 33.8 Å². The van der Waals surface area contributed by atoms with Crippen molar-refractivity contribution in [1.29, 1.82) is 0 Å². The van der Waals surface area contributed by atoms with Crippen LogP contribution in [0, 0.1) is 0 Å². The van der Waals surface area contributed by atoms with Crippen LogP contribution in [0.1, 0.15) is 11.4 Å². The second-order valence-electron chi connectivity index (χ2n) is 4.76. The predicted octanol–water partition coefficient (Wildman–Crippen LogP) is 1.96. The second-order valence-corrected chi connectivity index (χ2v) is 6.05.